The number of para-hydroxylation sites is 1. The summed E-state index contributed by atoms with van der Waals surface area (Å²) < 4.78 is 25.3. The summed E-state index contributed by atoms with van der Waals surface area (Å²) in [6.45, 7) is 0. The van der Waals surface area contributed by atoms with Gasteiger partial charge < -0.3 is 14.8 Å². The smallest absolute Gasteiger partial charge is 0.162 e. The van der Waals surface area contributed by atoms with E-state index < -0.39 is 0 Å². The van der Waals surface area contributed by atoms with Crippen LogP contribution in [0.1, 0.15) is 0 Å². The van der Waals surface area contributed by atoms with Crippen LogP contribution in [0.15, 0.2) is 47.1 Å². The molecule has 0 fully saturated rings. The molecule has 2 aromatic carbocycles. The van der Waals surface area contributed by atoms with E-state index in [0.29, 0.717) is 28.4 Å². The number of halogens is 2. The third-order valence-corrected chi connectivity index (χ3v) is 4.06. The van der Waals surface area contributed by atoms with Gasteiger partial charge in [-0.3, -0.25) is 4.98 Å². The van der Waals surface area contributed by atoms with Crippen LogP contribution in [0.25, 0.3) is 10.9 Å². The first-order chi connectivity index (χ1) is 11.1. The molecule has 0 saturated heterocycles. The zero-order valence-electron chi connectivity index (χ0n) is 12.6. The molecule has 0 aliphatic carbocycles. The molecule has 0 saturated carbocycles. The van der Waals surface area contributed by atoms with E-state index in [4.69, 9.17) is 9.47 Å². The van der Waals surface area contributed by atoms with Crippen LogP contribution in [0.4, 0.5) is 15.8 Å². The highest BCUT2D eigenvalue weighted by Crippen LogP contribution is 2.38. The number of pyridine rings is 1. The first-order valence-electron chi connectivity index (χ1n) is 6.86. The van der Waals surface area contributed by atoms with Gasteiger partial charge in [-0.1, -0.05) is 12.1 Å². The minimum Gasteiger partial charge on any atom is -0.493 e. The predicted octanol–water partition coefficient (Wildman–Crippen LogP) is 4.90. The van der Waals surface area contributed by atoms with Gasteiger partial charge >= 0.3 is 0 Å². The van der Waals surface area contributed by atoms with Crippen LogP contribution >= 0.6 is 15.9 Å². The number of nitrogens with one attached hydrogen (secondary N) is 1. The molecule has 118 valence electrons. The lowest BCUT2D eigenvalue weighted by atomic mass is 10.1. The highest BCUT2D eigenvalue weighted by molar-refractivity contribution is 9.10. The molecule has 0 amide bonds. The van der Waals surface area contributed by atoms with Crippen LogP contribution in [-0.4, -0.2) is 19.2 Å². The lowest BCUT2D eigenvalue weighted by Gasteiger charge is -2.14. The molecule has 1 aromatic heterocycles. The van der Waals surface area contributed by atoms with E-state index in [1.807, 2.05) is 6.07 Å². The van der Waals surface area contributed by atoms with Crippen LogP contribution in [0, 0.1) is 5.82 Å². The molecular formula is C17H14BrFN2O2. The van der Waals surface area contributed by atoms with Gasteiger partial charge in [-0.25, -0.2) is 4.39 Å². The molecule has 4 nitrogen and oxygen atoms in total. The van der Waals surface area contributed by atoms with Crippen molar-refractivity contribution in [3.05, 3.63) is 52.9 Å². The van der Waals surface area contributed by atoms with Crippen molar-refractivity contribution in [2.75, 3.05) is 19.5 Å². The summed E-state index contributed by atoms with van der Waals surface area (Å²) in [4.78, 5) is 4.37. The Morgan fingerprint density at radius 2 is 1.78 bits per heavy atom. The Labute approximate surface area is 141 Å². The van der Waals surface area contributed by atoms with Crippen LogP contribution in [-0.2, 0) is 0 Å². The van der Waals surface area contributed by atoms with E-state index in [0.717, 1.165) is 9.86 Å². The summed E-state index contributed by atoms with van der Waals surface area (Å²) in [5.41, 5.74) is 1.81. The highest BCUT2D eigenvalue weighted by atomic mass is 79.9. The number of ether oxygens (including phenoxy) is 2. The van der Waals surface area contributed by atoms with Crippen molar-refractivity contribution in [3.8, 4) is 11.5 Å². The fraction of sp³-hybridized carbons (Fsp3) is 0.118. The van der Waals surface area contributed by atoms with E-state index in [2.05, 4.69) is 26.2 Å². The van der Waals surface area contributed by atoms with Crippen LogP contribution in [0.2, 0.25) is 0 Å². The van der Waals surface area contributed by atoms with E-state index in [-0.39, 0.29) is 5.82 Å². The summed E-state index contributed by atoms with van der Waals surface area (Å²) in [7, 11) is 3.14. The first-order valence-corrected chi connectivity index (χ1v) is 7.65. The largest absolute Gasteiger partial charge is 0.493 e. The predicted molar refractivity (Wildman–Crippen MR) is 92.2 cm³/mol. The van der Waals surface area contributed by atoms with Gasteiger partial charge in [0, 0.05) is 17.6 Å². The van der Waals surface area contributed by atoms with Crippen LogP contribution < -0.4 is 14.8 Å². The van der Waals surface area contributed by atoms with E-state index in [1.54, 1.807) is 44.7 Å². The van der Waals surface area contributed by atoms with Crippen LogP contribution in [0.3, 0.4) is 0 Å². The maximum absolute atomic E-state index is 13.9. The van der Waals surface area contributed by atoms with Gasteiger partial charge in [0.05, 0.1) is 35.6 Å². The fourth-order valence-corrected chi connectivity index (χ4v) is 2.73. The van der Waals surface area contributed by atoms with E-state index >= 15 is 0 Å². The SMILES string of the molecule is COc1cc2ncc(Br)c(Nc3ccccc3F)c2cc1OC. The second-order valence-corrected chi connectivity index (χ2v) is 5.66. The summed E-state index contributed by atoms with van der Waals surface area (Å²) in [5.74, 6) is 0.841. The monoisotopic (exact) mass is 376 g/mol. The Morgan fingerprint density at radius 1 is 1.09 bits per heavy atom. The second-order valence-electron chi connectivity index (χ2n) is 4.81. The molecule has 0 bridgehead atoms. The average Bonchev–Trinajstić information content (AvgIpc) is 2.58. The molecule has 0 unspecified atom stereocenters. The molecule has 1 heterocycles. The number of aromatic nitrogens is 1. The van der Waals surface area contributed by atoms with Crippen molar-refractivity contribution >= 4 is 38.2 Å². The molecule has 6 heteroatoms. The number of hydrogen-bond acceptors (Lipinski definition) is 4. The quantitative estimate of drug-likeness (QED) is 0.703. The lowest BCUT2D eigenvalue weighted by molar-refractivity contribution is 0.356. The zero-order chi connectivity index (χ0) is 16.4. The average molecular weight is 377 g/mol. The third kappa shape index (κ3) is 2.94. The number of rotatable bonds is 4. The van der Waals surface area contributed by atoms with Crippen molar-refractivity contribution in [1.82, 2.24) is 4.98 Å². The van der Waals surface area contributed by atoms with Gasteiger partial charge in [-0.2, -0.15) is 0 Å². The molecule has 0 atom stereocenters. The summed E-state index contributed by atoms with van der Waals surface area (Å²) >= 11 is 3.46. The van der Waals surface area contributed by atoms with Gasteiger partial charge in [0.15, 0.2) is 11.5 Å². The molecule has 0 aliphatic heterocycles. The number of fused-ring (bicyclic) bond motifs is 1. The number of benzene rings is 2. The number of anilines is 2. The van der Waals surface area contributed by atoms with Crippen molar-refractivity contribution in [3.63, 3.8) is 0 Å². The van der Waals surface area contributed by atoms with E-state index in [9.17, 15) is 4.39 Å². The third-order valence-electron chi connectivity index (χ3n) is 3.46. The second kappa shape index (κ2) is 6.42. The topological polar surface area (TPSA) is 43.4 Å². The Morgan fingerprint density at radius 3 is 2.48 bits per heavy atom. The molecular weight excluding hydrogens is 363 g/mol. The molecule has 0 aliphatic rings. The fourth-order valence-electron chi connectivity index (χ4n) is 2.32. The van der Waals surface area contributed by atoms with Crippen LogP contribution in [0.5, 0.6) is 11.5 Å². The first kappa shape index (κ1) is 15.6. The van der Waals surface area contributed by atoms with Gasteiger partial charge in [-0.05, 0) is 34.1 Å². The van der Waals surface area contributed by atoms with Gasteiger partial charge in [0.2, 0.25) is 0 Å². The number of hydrogen-bond donors (Lipinski definition) is 1. The standard InChI is InChI=1S/C17H14BrFN2O2/c1-22-15-7-10-14(8-16(15)23-2)20-9-11(18)17(10)21-13-6-4-3-5-12(13)19/h3-9H,1-2H3,(H,20,21). The molecule has 0 radical (unpaired) electrons. The molecule has 23 heavy (non-hydrogen) atoms. The van der Waals surface area contributed by atoms with Crippen molar-refractivity contribution in [2.45, 2.75) is 0 Å². The number of nitrogens with zero attached hydrogens (tertiary/aromatic N) is 1. The Balaban J connectivity index is 2.19. The van der Waals surface area contributed by atoms with E-state index in [1.165, 1.54) is 6.07 Å². The summed E-state index contributed by atoms with van der Waals surface area (Å²) in [6.07, 6.45) is 1.66. The summed E-state index contributed by atoms with van der Waals surface area (Å²) in [5, 5.41) is 3.91. The Bertz CT molecular complexity index is 871. The number of methoxy groups -OCH3 is 2. The normalized spacial score (nSPS) is 10.6. The molecule has 3 rings (SSSR count). The van der Waals surface area contributed by atoms with Crippen molar-refractivity contribution < 1.29 is 13.9 Å². The minimum atomic E-state index is -0.329. The maximum Gasteiger partial charge on any atom is 0.162 e. The Hall–Kier alpha value is -2.34. The zero-order valence-corrected chi connectivity index (χ0v) is 14.1. The highest BCUT2D eigenvalue weighted by Gasteiger charge is 2.14. The minimum absolute atomic E-state index is 0.329. The van der Waals surface area contributed by atoms with Gasteiger partial charge in [0.25, 0.3) is 0 Å². The summed E-state index contributed by atoms with van der Waals surface area (Å²) in [6, 6.07) is 10.1. The lowest BCUT2D eigenvalue weighted by Crippen LogP contribution is -1.98. The van der Waals surface area contributed by atoms with Crippen molar-refractivity contribution in [2.24, 2.45) is 0 Å². The van der Waals surface area contributed by atoms with Crippen molar-refractivity contribution in [1.29, 1.82) is 0 Å². The van der Waals surface area contributed by atoms with Gasteiger partial charge in [0.1, 0.15) is 5.82 Å². The molecule has 1 N–H and O–H groups in total. The van der Waals surface area contributed by atoms with Gasteiger partial charge in [-0.15, -0.1) is 0 Å². The Kier molecular flexibility index (Phi) is 4.34. The maximum atomic E-state index is 13.9. The molecule has 0 spiro atoms. The molecule has 3 aromatic rings.